The number of methoxy groups -OCH3 is 1. The van der Waals surface area contributed by atoms with Crippen LogP contribution in [0.1, 0.15) is 24.8 Å². The van der Waals surface area contributed by atoms with Crippen LogP contribution in [0, 0.1) is 0 Å². The van der Waals surface area contributed by atoms with Crippen molar-refractivity contribution in [1.29, 1.82) is 0 Å². The Hall–Kier alpha value is -2.87. The lowest BCUT2D eigenvalue weighted by molar-refractivity contribution is -0.870. The van der Waals surface area contributed by atoms with E-state index >= 15 is 0 Å². The summed E-state index contributed by atoms with van der Waals surface area (Å²) in [5, 5.41) is 14.2. The number of likely N-dealkylation sites (N-methyl/N-ethyl adjacent to an activating group) is 1. The van der Waals surface area contributed by atoms with E-state index in [0.29, 0.717) is 29.5 Å². The highest BCUT2D eigenvalue weighted by atomic mass is 16.5. The molecule has 0 spiro atoms. The molecule has 8 nitrogen and oxygen atoms in total. The van der Waals surface area contributed by atoms with Crippen molar-refractivity contribution < 1.29 is 23.9 Å². The molecule has 0 bridgehead atoms. The Morgan fingerprint density at radius 3 is 2.53 bits per heavy atom. The highest BCUT2D eigenvalue weighted by Gasteiger charge is 2.19. The van der Waals surface area contributed by atoms with Crippen LogP contribution < -0.4 is 19.9 Å². The van der Waals surface area contributed by atoms with Gasteiger partial charge in [0.2, 0.25) is 11.8 Å². The molecule has 8 heteroatoms. The fourth-order valence-electron chi connectivity index (χ4n) is 3.10. The molecule has 2 rings (SSSR count). The van der Waals surface area contributed by atoms with Crippen molar-refractivity contribution >= 4 is 11.9 Å². The van der Waals surface area contributed by atoms with Gasteiger partial charge in [0.1, 0.15) is 5.75 Å². The molecule has 1 atom stereocenters. The topological polar surface area (TPSA) is 96.4 Å². The number of aliphatic carboxylic acids is 1. The Bertz CT molecular complexity index is 790. The highest BCUT2D eigenvalue weighted by molar-refractivity contribution is 5.65. The average Bonchev–Trinajstić information content (AvgIpc) is 2.66. The van der Waals surface area contributed by atoms with E-state index in [4.69, 9.17) is 9.47 Å². The predicted molar refractivity (Wildman–Crippen MR) is 113 cm³/mol. The summed E-state index contributed by atoms with van der Waals surface area (Å²) in [6, 6.07) is 9.43. The number of ether oxygens (including phenoxy) is 2. The molecule has 0 saturated heterocycles. The maximum atomic E-state index is 11.1. The number of rotatable bonds is 13. The summed E-state index contributed by atoms with van der Waals surface area (Å²) >= 11 is 0. The number of quaternary nitrogens is 1. The van der Waals surface area contributed by atoms with E-state index in [1.807, 2.05) is 33.3 Å². The van der Waals surface area contributed by atoms with Crippen molar-refractivity contribution in [2.45, 2.75) is 31.7 Å². The predicted octanol–water partition coefficient (Wildman–Crippen LogP) is 1.51. The Morgan fingerprint density at radius 2 is 1.90 bits per heavy atom. The van der Waals surface area contributed by atoms with Crippen molar-refractivity contribution in [1.82, 2.24) is 9.97 Å². The first-order valence-electron chi connectivity index (χ1n) is 10.1. The van der Waals surface area contributed by atoms with Crippen molar-refractivity contribution in [3.8, 4) is 11.6 Å². The number of hydrogen-bond donors (Lipinski definition) is 1. The molecule has 0 amide bonds. The van der Waals surface area contributed by atoms with Gasteiger partial charge in [0.25, 0.3) is 0 Å². The standard InChI is InChI=1S/C22H32N4O4/c1-26(2,3)16-18(15-21(27)28)24-22-23-13-12-20(25-22)30-14-6-5-7-17-8-10-19(29-4)11-9-17/h8-13,18H,5-7,14-16H2,1-4H3,(H-,23,24,25,27,28). The van der Waals surface area contributed by atoms with Gasteiger partial charge in [-0.1, -0.05) is 12.1 Å². The van der Waals surface area contributed by atoms with Crippen LogP contribution in [0.15, 0.2) is 36.5 Å². The first kappa shape index (κ1) is 23.4. The summed E-state index contributed by atoms with van der Waals surface area (Å²) in [5.74, 6) is 0.573. The van der Waals surface area contributed by atoms with Crippen LogP contribution in [0.5, 0.6) is 11.6 Å². The largest absolute Gasteiger partial charge is 0.550 e. The molecule has 1 aromatic heterocycles. The molecule has 0 aliphatic carbocycles. The third kappa shape index (κ3) is 9.09. The quantitative estimate of drug-likeness (QED) is 0.391. The number of unbranched alkanes of at least 4 members (excludes halogenated alkanes) is 1. The summed E-state index contributed by atoms with van der Waals surface area (Å²) in [7, 11) is 7.65. The molecule has 0 saturated carbocycles. The van der Waals surface area contributed by atoms with E-state index in [2.05, 4.69) is 27.4 Å². The zero-order valence-electron chi connectivity index (χ0n) is 18.3. The molecule has 1 aromatic carbocycles. The Morgan fingerprint density at radius 1 is 1.17 bits per heavy atom. The average molecular weight is 417 g/mol. The van der Waals surface area contributed by atoms with E-state index in [0.717, 1.165) is 25.0 Å². The van der Waals surface area contributed by atoms with Crippen LogP contribution in [-0.4, -0.2) is 67.9 Å². The number of nitrogens with one attached hydrogen (secondary N) is 1. The lowest BCUT2D eigenvalue weighted by Gasteiger charge is -2.30. The Labute approximate surface area is 178 Å². The smallest absolute Gasteiger partial charge is 0.226 e. The van der Waals surface area contributed by atoms with Gasteiger partial charge in [0.15, 0.2) is 0 Å². The van der Waals surface area contributed by atoms with Gasteiger partial charge < -0.3 is 29.2 Å². The summed E-state index contributed by atoms with van der Waals surface area (Å²) < 4.78 is 11.5. The number of benzene rings is 1. The molecule has 1 heterocycles. The number of carbonyl (C=O) groups excluding carboxylic acids is 1. The van der Waals surface area contributed by atoms with Crippen LogP contribution in [0.4, 0.5) is 5.95 Å². The maximum Gasteiger partial charge on any atom is 0.226 e. The van der Waals surface area contributed by atoms with Gasteiger partial charge >= 0.3 is 0 Å². The van der Waals surface area contributed by atoms with Crippen LogP contribution in [0.2, 0.25) is 0 Å². The summed E-state index contributed by atoms with van der Waals surface area (Å²) in [5.41, 5.74) is 1.26. The summed E-state index contributed by atoms with van der Waals surface area (Å²) in [4.78, 5) is 19.6. The number of aryl methyl sites for hydroxylation is 1. The second kappa shape index (κ2) is 11.3. The van der Waals surface area contributed by atoms with Gasteiger partial charge in [-0.25, -0.2) is 4.98 Å². The maximum absolute atomic E-state index is 11.1. The fourth-order valence-corrected chi connectivity index (χ4v) is 3.10. The minimum Gasteiger partial charge on any atom is -0.550 e. The molecule has 0 radical (unpaired) electrons. The molecule has 2 aromatic rings. The number of carbonyl (C=O) groups is 1. The zero-order chi connectivity index (χ0) is 22.0. The third-order valence-corrected chi connectivity index (χ3v) is 4.41. The third-order valence-electron chi connectivity index (χ3n) is 4.41. The minimum absolute atomic E-state index is 0.116. The van der Waals surface area contributed by atoms with Crippen molar-refractivity contribution in [3.05, 3.63) is 42.1 Å². The first-order valence-corrected chi connectivity index (χ1v) is 10.1. The first-order chi connectivity index (χ1) is 14.2. The van der Waals surface area contributed by atoms with E-state index in [1.54, 1.807) is 19.4 Å². The Kier molecular flexibility index (Phi) is 8.86. The highest BCUT2D eigenvalue weighted by Crippen LogP contribution is 2.14. The van der Waals surface area contributed by atoms with E-state index < -0.39 is 5.97 Å². The van der Waals surface area contributed by atoms with E-state index in [9.17, 15) is 9.90 Å². The van der Waals surface area contributed by atoms with Crippen molar-refractivity contribution in [2.24, 2.45) is 0 Å². The number of anilines is 1. The van der Waals surface area contributed by atoms with Crippen molar-refractivity contribution in [3.63, 3.8) is 0 Å². The lowest BCUT2D eigenvalue weighted by Crippen LogP contribution is -2.46. The molecule has 30 heavy (non-hydrogen) atoms. The van der Waals surface area contributed by atoms with Gasteiger partial charge in [-0.2, -0.15) is 4.98 Å². The fraction of sp³-hybridized carbons (Fsp3) is 0.500. The molecule has 0 aliphatic rings. The monoisotopic (exact) mass is 416 g/mol. The SMILES string of the molecule is COc1ccc(CCCCOc2ccnc(NC(CC(=O)[O-])C[N+](C)(C)C)n2)cc1. The van der Waals surface area contributed by atoms with Gasteiger partial charge in [-0.15, -0.1) is 0 Å². The normalized spacial score (nSPS) is 12.3. The van der Waals surface area contributed by atoms with Gasteiger partial charge in [0.05, 0.1) is 47.4 Å². The second-order valence-electron chi connectivity index (χ2n) is 8.26. The van der Waals surface area contributed by atoms with Crippen LogP contribution in [0.25, 0.3) is 0 Å². The van der Waals surface area contributed by atoms with Gasteiger partial charge in [-0.3, -0.25) is 0 Å². The van der Waals surface area contributed by atoms with Crippen LogP contribution >= 0.6 is 0 Å². The number of carboxylic acids is 1. The molecule has 1 unspecified atom stereocenters. The molecular weight excluding hydrogens is 384 g/mol. The van der Waals surface area contributed by atoms with E-state index in [-0.39, 0.29) is 12.5 Å². The second-order valence-corrected chi connectivity index (χ2v) is 8.26. The number of carboxylic acid groups (broad SMARTS) is 1. The summed E-state index contributed by atoms with van der Waals surface area (Å²) in [6.07, 6.45) is 4.35. The molecule has 0 fully saturated rings. The minimum atomic E-state index is -1.11. The molecule has 0 aliphatic heterocycles. The Balaban J connectivity index is 1.80. The zero-order valence-corrected chi connectivity index (χ0v) is 18.3. The number of aromatic nitrogens is 2. The van der Waals surface area contributed by atoms with Crippen LogP contribution in [0.3, 0.4) is 0 Å². The van der Waals surface area contributed by atoms with Gasteiger partial charge in [0, 0.05) is 24.7 Å². The van der Waals surface area contributed by atoms with Crippen LogP contribution in [-0.2, 0) is 11.2 Å². The van der Waals surface area contributed by atoms with Gasteiger partial charge in [-0.05, 0) is 37.0 Å². The number of hydrogen-bond acceptors (Lipinski definition) is 7. The summed E-state index contributed by atoms with van der Waals surface area (Å²) in [6.45, 7) is 1.14. The number of nitrogens with zero attached hydrogens (tertiary/aromatic N) is 3. The molecule has 164 valence electrons. The molecular formula is C22H32N4O4. The van der Waals surface area contributed by atoms with Crippen molar-refractivity contribution in [2.75, 3.05) is 46.7 Å². The van der Waals surface area contributed by atoms with E-state index in [1.165, 1.54) is 5.56 Å². The lowest BCUT2D eigenvalue weighted by atomic mass is 10.1. The molecule has 1 N–H and O–H groups in total.